The van der Waals surface area contributed by atoms with Gasteiger partial charge in [-0.05, 0) is 48.7 Å². The van der Waals surface area contributed by atoms with Crippen molar-refractivity contribution in [2.24, 2.45) is 0 Å². The van der Waals surface area contributed by atoms with Crippen LogP contribution in [0, 0.1) is 0 Å². The summed E-state index contributed by atoms with van der Waals surface area (Å²) in [5.41, 5.74) is 0. The van der Waals surface area contributed by atoms with Crippen LogP contribution in [-0.4, -0.2) is 25.5 Å². The van der Waals surface area contributed by atoms with Gasteiger partial charge in [-0.3, -0.25) is 0 Å². The summed E-state index contributed by atoms with van der Waals surface area (Å²) >= 11 is 3.25. The van der Waals surface area contributed by atoms with E-state index >= 15 is 0 Å². The van der Waals surface area contributed by atoms with Crippen molar-refractivity contribution in [2.45, 2.75) is 43.7 Å². The minimum Gasteiger partial charge on any atom is -0.366 e. The van der Waals surface area contributed by atoms with Crippen molar-refractivity contribution in [1.82, 2.24) is 9.71 Å². The second kappa shape index (κ2) is 5.14. The first kappa shape index (κ1) is 13.8. The summed E-state index contributed by atoms with van der Waals surface area (Å²) in [7, 11) is -3.54. The number of halogens is 1. The Bertz CT molecular complexity index is 541. The molecule has 1 aromatic heterocycles. The van der Waals surface area contributed by atoms with Crippen LogP contribution in [-0.2, 0) is 10.0 Å². The minimum atomic E-state index is -3.54. The van der Waals surface area contributed by atoms with E-state index in [1.807, 2.05) is 0 Å². The van der Waals surface area contributed by atoms with Crippen molar-refractivity contribution in [1.29, 1.82) is 0 Å². The standard InChI is InChI=1S/C11H16BrN3O2S/c1-7(2)15-18(16,17)10-5-8(12)6-13-11(10)14-9-3-4-9/h5-7,9,15H,3-4H2,1-2H3,(H,13,14). The first-order valence-corrected chi connectivity index (χ1v) is 8.10. The number of hydrogen-bond acceptors (Lipinski definition) is 4. The van der Waals surface area contributed by atoms with E-state index in [-0.39, 0.29) is 10.9 Å². The van der Waals surface area contributed by atoms with Gasteiger partial charge in [-0.2, -0.15) is 0 Å². The molecule has 0 spiro atoms. The predicted octanol–water partition coefficient (Wildman–Crippen LogP) is 2.11. The van der Waals surface area contributed by atoms with Gasteiger partial charge in [0.25, 0.3) is 0 Å². The van der Waals surface area contributed by atoms with Gasteiger partial charge in [0.2, 0.25) is 10.0 Å². The second-order valence-electron chi connectivity index (χ2n) is 4.69. The fraction of sp³-hybridized carbons (Fsp3) is 0.545. The Hall–Kier alpha value is -0.660. The summed E-state index contributed by atoms with van der Waals surface area (Å²) < 4.78 is 27.6. The molecule has 1 aromatic rings. The van der Waals surface area contributed by atoms with Crippen molar-refractivity contribution in [2.75, 3.05) is 5.32 Å². The Labute approximate surface area is 116 Å². The van der Waals surface area contributed by atoms with E-state index in [9.17, 15) is 8.42 Å². The molecule has 1 aliphatic rings. The van der Waals surface area contributed by atoms with E-state index in [0.29, 0.717) is 16.3 Å². The Morgan fingerprint density at radius 1 is 1.44 bits per heavy atom. The second-order valence-corrected chi connectivity index (χ2v) is 7.29. The van der Waals surface area contributed by atoms with E-state index in [0.717, 1.165) is 12.8 Å². The molecule has 1 heterocycles. The zero-order chi connectivity index (χ0) is 13.3. The van der Waals surface area contributed by atoms with Gasteiger partial charge < -0.3 is 5.32 Å². The molecule has 2 N–H and O–H groups in total. The summed E-state index contributed by atoms with van der Waals surface area (Å²) in [5.74, 6) is 0.425. The molecule has 0 atom stereocenters. The number of nitrogens with zero attached hydrogens (tertiary/aromatic N) is 1. The van der Waals surface area contributed by atoms with Gasteiger partial charge in [0.05, 0.1) is 0 Å². The molecule has 1 aliphatic carbocycles. The molecule has 0 bridgehead atoms. The summed E-state index contributed by atoms with van der Waals surface area (Å²) in [6, 6.07) is 1.78. The van der Waals surface area contributed by atoms with Crippen LogP contribution in [0.2, 0.25) is 0 Å². The number of aromatic nitrogens is 1. The summed E-state index contributed by atoms with van der Waals surface area (Å²) in [4.78, 5) is 4.35. The number of hydrogen-bond donors (Lipinski definition) is 2. The summed E-state index contributed by atoms with van der Waals surface area (Å²) in [6.45, 7) is 3.58. The molecule has 100 valence electrons. The molecule has 5 nitrogen and oxygen atoms in total. The molecule has 0 aliphatic heterocycles. The minimum absolute atomic E-state index is 0.150. The highest BCUT2D eigenvalue weighted by molar-refractivity contribution is 9.10. The smallest absolute Gasteiger partial charge is 0.244 e. The third-order valence-corrected chi connectivity index (χ3v) is 4.52. The highest BCUT2D eigenvalue weighted by Gasteiger charge is 2.26. The Morgan fingerprint density at radius 3 is 2.67 bits per heavy atom. The molecule has 7 heteroatoms. The third-order valence-electron chi connectivity index (χ3n) is 2.42. The molecule has 0 saturated heterocycles. The highest BCUT2D eigenvalue weighted by atomic mass is 79.9. The van der Waals surface area contributed by atoms with Gasteiger partial charge in [0.1, 0.15) is 10.7 Å². The highest BCUT2D eigenvalue weighted by Crippen LogP contribution is 2.29. The van der Waals surface area contributed by atoms with Crippen LogP contribution in [0.3, 0.4) is 0 Å². The fourth-order valence-electron chi connectivity index (χ4n) is 1.53. The van der Waals surface area contributed by atoms with Crippen LogP contribution in [0.5, 0.6) is 0 Å². The van der Waals surface area contributed by atoms with E-state index in [2.05, 4.69) is 31.0 Å². The normalized spacial score (nSPS) is 16.0. The summed E-state index contributed by atoms with van der Waals surface area (Å²) in [5, 5.41) is 3.14. The van der Waals surface area contributed by atoms with Gasteiger partial charge in [-0.1, -0.05) is 0 Å². The van der Waals surface area contributed by atoms with E-state index in [1.165, 1.54) is 0 Å². The van der Waals surface area contributed by atoms with Crippen LogP contribution in [0.1, 0.15) is 26.7 Å². The van der Waals surface area contributed by atoms with E-state index in [4.69, 9.17) is 0 Å². The number of nitrogens with one attached hydrogen (secondary N) is 2. The molecule has 1 saturated carbocycles. The molecule has 0 unspecified atom stereocenters. The average Bonchev–Trinajstić information content (AvgIpc) is 3.02. The Balaban J connectivity index is 2.36. The predicted molar refractivity (Wildman–Crippen MR) is 74.0 cm³/mol. The first-order valence-electron chi connectivity index (χ1n) is 5.83. The third kappa shape index (κ3) is 3.43. The number of sulfonamides is 1. The molecule has 1 fully saturated rings. The molecular weight excluding hydrogens is 318 g/mol. The molecule has 0 radical (unpaired) electrons. The first-order chi connectivity index (χ1) is 8.38. The average molecular weight is 334 g/mol. The maximum atomic E-state index is 12.2. The lowest BCUT2D eigenvalue weighted by Crippen LogP contribution is -2.31. The van der Waals surface area contributed by atoms with Crippen LogP contribution in [0.4, 0.5) is 5.82 Å². The molecule has 2 rings (SSSR count). The maximum Gasteiger partial charge on any atom is 0.244 e. The number of rotatable bonds is 5. The van der Waals surface area contributed by atoms with Gasteiger partial charge in [-0.15, -0.1) is 0 Å². The Morgan fingerprint density at radius 2 is 2.11 bits per heavy atom. The lowest BCUT2D eigenvalue weighted by Gasteiger charge is -2.14. The number of anilines is 1. The van der Waals surface area contributed by atoms with Crippen LogP contribution in [0.25, 0.3) is 0 Å². The van der Waals surface area contributed by atoms with Gasteiger partial charge in [0.15, 0.2) is 0 Å². The monoisotopic (exact) mass is 333 g/mol. The lowest BCUT2D eigenvalue weighted by molar-refractivity contribution is 0.569. The van der Waals surface area contributed by atoms with Crippen molar-refractivity contribution in [3.63, 3.8) is 0 Å². The van der Waals surface area contributed by atoms with Gasteiger partial charge in [-0.25, -0.2) is 18.1 Å². The summed E-state index contributed by atoms with van der Waals surface area (Å²) in [6.07, 6.45) is 3.72. The zero-order valence-electron chi connectivity index (χ0n) is 10.3. The molecule has 18 heavy (non-hydrogen) atoms. The quantitative estimate of drug-likeness (QED) is 0.865. The molecule has 0 aromatic carbocycles. The lowest BCUT2D eigenvalue weighted by atomic mass is 10.4. The number of pyridine rings is 1. The van der Waals surface area contributed by atoms with Gasteiger partial charge in [0, 0.05) is 22.8 Å². The van der Waals surface area contributed by atoms with Crippen LogP contribution >= 0.6 is 15.9 Å². The zero-order valence-corrected chi connectivity index (χ0v) is 12.7. The molecular formula is C11H16BrN3O2S. The molecule has 0 amide bonds. The SMILES string of the molecule is CC(C)NS(=O)(=O)c1cc(Br)cnc1NC1CC1. The van der Waals surface area contributed by atoms with Crippen molar-refractivity contribution >= 4 is 31.8 Å². The van der Waals surface area contributed by atoms with Gasteiger partial charge >= 0.3 is 0 Å². The van der Waals surface area contributed by atoms with Crippen molar-refractivity contribution < 1.29 is 8.42 Å². The fourth-order valence-corrected chi connectivity index (χ4v) is 3.41. The van der Waals surface area contributed by atoms with Crippen molar-refractivity contribution in [3.05, 3.63) is 16.7 Å². The topological polar surface area (TPSA) is 71.1 Å². The van der Waals surface area contributed by atoms with E-state index in [1.54, 1.807) is 26.1 Å². The van der Waals surface area contributed by atoms with E-state index < -0.39 is 10.0 Å². The van der Waals surface area contributed by atoms with Crippen LogP contribution < -0.4 is 10.0 Å². The largest absolute Gasteiger partial charge is 0.366 e. The van der Waals surface area contributed by atoms with Crippen molar-refractivity contribution in [3.8, 4) is 0 Å². The van der Waals surface area contributed by atoms with Crippen LogP contribution in [0.15, 0.2) is 21.6 Å². The Kier molecular flexibility index (Phi) is 3.93. The maximum absolute atomic E-state index is 12.2.